The predicted molar refractivity (Wildman–Crippen MR) is 132 cm³/mol. The Morgan fingerprint density at radius 2 is 1.56 bits per heavy atom. The second-order valence-electron chi connectivity index (χ2n) is 8.99. The molecule has 0 unspecified atom stereocenters. The fourth-order valence-corrected chi connectivity index (χ4v) is 6.00. The van der Waals surface area contributed by atoms with E-state index in [4.69, 9.17) is 0 Å². The predicted octanol–water partition coefficient (Wildman–Crippen LogP) is 4.05. The third-order valence-electron chi connectivity index (χ3n) is 6.60. The lowest BCUT2D eigenvalue weighted by Crippen LogP contribution is -2.43. The molecular weight excluding hydrogens is 452 g/mol. The molecule has 2 aromatic carbocycles. The van der Waals surface area contributed by atoms with Gasteiger partial charge in [-0.15, -0.1) is 0 Å². The largest absolute Gasteiger partial charge is 0.326 e. The van der Waals surface area contributed by atoms with Crippen molar-refractivity contribution in [3.8, 4) is 0 Å². The average Bonchev–Trinajstić information content (AvgIpc) is 2.86. The standard InChI is InChI=1S/C25H32N4O4S/c1-19-10-11-22(34(32,33)29-14-6-3-7-15-29)18-23(19)27-24(30)20-12-16-28(17-13-20)25(31)26-21-8-4-2-5-9-21/h2,4-5,8-11,18,20H,3,6-7,12-17H2,1H3,(H,26,31)(H,27,30). The van der Waals surface area contributed by atoms with Crippen molar-refractivity contribution in [2.45, 2.75) is 43.9 Å². The van der Waals surface area contributed by atoms with E-state index >= 15 is 0 Å². The molecule has 0 aromatic heterocycles. The zero-order valence-corrected chi connectivity index (χ0v) is 20.3. The molecule has 2 aliphatic heterocycles. The molecule has 0 bridgehead atoms. The highest BCUT2D eigenvalue weighted by Gasteiger charge is 2.29. The number of piperidine rings is 2. The number of amides is 3. The summed E-state index contributed by atoms with van der Waals surface area (Å²) >= 11 is 0. The molecule has 0 radical (unpaired) electrons. The van der Waals surface area contributed by atoms with Crippen LogP contribution in [0, 0.1) is 12.8 Å². The van der Waals surface area contributed by atoms with E-state index in [-0.39, 0.29) is 22.8 Å². The van der Waals surface area contributed by atoms with Crippen molar-refractivity contribution >= 4 is 33.3 Å². The van der Waals surface area contributed by atoms with Gasteiger partial charge in [0.1, 0.15) is 0 Å². The van der Waals surface area contributed by atoms with Crippen molar-refractivity contribution in [2.24, 2.45) is 5.92 Å². The molecule has 8 nitrogen and oxygen atoms in total. The highest BCUT2D eigenvalue weighted by Crippen LogP contribution is 2.27. The smallest absolute Gasteiger partial charge is 0.321 e. The molecule has 2 aromatic rings. The molecule has 2 aliphatic rings. The minimum Gasteiger partial charge on any atom is -0.326 e. The quantitative estimate of drug-likeness (QED) is 0.669. The number of likely N-dealkylation sites (tertiary alicyclic amines) is 1. The molecule has 9 heteroatoms. The third-order valence-corrected chi connectivity index (χ3v) is 8.49. The van der Waals surface area contributed by atoms with Gasteiger partial charge in [-0.1, -0.05) is 30.7 Å². The van der Waals surface area contributed by atoms with Gasteiger partial charge in [-0.25, -0.2) is 13.2 Å². The monoisotopic (exact) mass is 484 g/mol. The van der Waals surface area contributed by atoms with Crippen molar-refractivity contribution in [3.63, 3.8) is 0 Å². The van der Waals surface area contributed by atoms with Gasteiger partial charge in [0.25, 0.3) is 0 Å². The Labute approximate surface area is 201 Å². The molecule has 2 heterocycles. The number of urea groups is 1. The first-order valence-corrected chi connectivity index (χ1v) is 13.3. The summed E-state index contributed by atoms with van der Waals surface area (Å²) in [7, 11) is -3.57. The third kappa shape index (κ3) is 5.59. The Bertz CT molecular complexity index is 1120. The SMILES string of the molecule is Cc1ccc(S(=O)(=O)N2CCCCC2)cc1NC(=O)C1CCN(C(=O)Nc2ccccc2)CC1. The van der Waals surface area contributed by atoms with Crippen LogP contribution in [0.25, 0.3) is 0 Å². The first-order valence-electron chi connectivity index (χ1n) is 11.9. The summed E-state index contributed by atoms with van der Waals surface area (Å²) < 4.78 is 27.6. The number of benzene rings is 2. The van der Waals surface area contributed by atoms with E-state index in [9.17, 15) is 18.0 Å². The van der Waals surface area contributed by atoms with Crippen LogP contribution in [-0.2, 0) is 14.8 Å². The highest BCUT2D eigenvalue weighted by molar-refractivity contribution is 7.89. The highest BCUT2D eigenvalue weighted by atomic mass is 32.2. The van der Waals surface area contributed by atoms with E-state index in [1.54, 1.807) is 23.1 Å². The summed E-state index contributed by atoms with van der Waals surface area (Å²) in [5.41, 5.74) is 2.07. The van der Waals surface area contributed by atoms with Crippen LogP contribution >= 0.6 is 0 Å². The van der Waals surface area contributed by atoms with Crippen LogP contribution in [-0.4, -0.2) is 55.7 Å². The molecule has 2 fully saturated rings. The van der Waals surface area contributed by atoms with Gasteiger partial charge in [0, 0.05) is 43.5 Å². The number of aryl methyl sites for hydroxylation is 1. The Morgan fingerprint density at radius 1 is 0.882 bits per heavy atom. The van der Waals surface area contributed by atoms with Crippen LogP contribution < -0.4 is 10.6 Å². The number of nitrogens with one attached hydrogen (secondary N) is 2. The molecule has 0 saturated carbocycles. The Morgan fingerprint density at radius 3 is 2.24 bits per heavy atom. The maximum atomic E-state index is 13.0. The van der Waals surface area contributed by atoms with Crippen LogP contribution in [0.5, 0.6) is 0 Å². The number of rotatable bonds is 5. The molecule has 3 amide bonds. The second-order valence-corrected chi connectivity index (χ2v) is 10.9. The Balaban J connectivity index is 1.36. The van der Waals surface area contributed by atoms with Gasteiger partial charge in [-0.3, -0.25) is 4.79 Å². The maximum Gasteiger partial charge on any atom is 0.321 e. The molecule has 0 aliphatic carbocycles. The molecule has 4 rings (SSSR count). The van der Waals surface area contributed by atoms with Gasteiger partial charge in [0.15, 0.2) is 0 Å². The van der Waals surface area contributed by atoms with Crippen LogP contribution in [0.2, 0.25) is 0 Å². The number of carbonyl (C=O) groups is 2. The second kappa shape index (κ2) is 10.6. The van der Waals surface area contributed by atoms with Gasteiger partial charge < -0.3 is 15.5 Å². The Hall–Kier alpha value is -2.91. The van der Waals surface area contributed by atoms with Crippen molar-refractivity contribution in [1.82, 2.24) is 9.21 Å². The zero-order chi connectivity index (χ0) is 24.1. The van der Waals surface area contributed by atoms with Gasteiger partial charge in [-0.2, -0.15) is 4.31 Å². The lowest BCUT2D eigenvalue weighted by molar-refractivity contribution is -0.121. The Kier molecular flexibility index (Phi) is 7.53. The van der Waals surface area contributed by atoms with Crippen molar-refractivity contribution in [2.75, 3.05) is 36.8 Å². The van der Waals surface area contributed by atoms with E-state index in [0.29, 0.717) is 44.7 Å². The number of hydrogen-bond donors (Lipinski definition) is 2. The molecule has 34 heavy (non-hydrogen) atoms. The average molecular weight is 485 g/mol. The number of anilines is 2. The fourth-order valence-electron chi connectivity index (χ4n) is 4.45. The van der Waals surface area contributed by atoms with Crippen LogP contribution in [0.1, 0.15) is 37.7 Å². The molecule has 0 spiro atoms. The van der Waals surface area contributed by atoms with Crippen molar-refractivity contribution < 1.29 is 18.0 Å². The topological polar surface area (TPSA) is 98.8 Å². The first-order chi connectivity index (χ1) is 16.3. The van der Waals surface area contributed by atoms with E-state index in [1.165, 1.54) is 4.31 Å². The van der Waals surface area contributed by atoms with Gasteiger partial charge in [0.2, 0.25) is 15.9 Å². The molecule has 2 N–H and O–H groups in total. The molecule has 2 saturated heterocycles. The number of nitrogens with zero attached hydrogens (tertiary/aromatic N) is 2. The minimum absolute atomic E-state index is 0.140. The summed E-state index contributed by atoms with van der Waals surface area (Å²) in [6.07, 6.45) is 3.90. The summed E-state index contributed by atoms with van der Waals surface area (Å²) in [5.74, 6) is -0.374. The van der Waals surface area contributed by atoms with Crippen LogP contribution in [0.4, 0.5) is 16.2 Å². The molecular formula is C25H32N4O4S. The zero-order valence-electron chi connectivity index (χ0n) is 19.5. The van der Waals surface area contributed by atoms with Crippen LogP contribution in [0.15, 0.2) is 53.4 Å². The maximum absolute atomic E-state index is 13.0. The van der Waals surface area contributed by atoms with E-state index < -0.39 is 10.0 Å². The minimum atomic E-state index is -3.57. The van der Waals surface area contributed by atoms with Gasteiger partial charge in [0.05, 0.1) is 4.90 Å². The number of hydrogen-bond acceptors (Lipinski definition) is 4. The summed E-state index contributed by atoms with van der Waals surface area (Å²) in [4.78, 5) is 27.4. The number of para-hydroxylation sites is 1. The normalized spacial score (nSPS) is 17.9. The van der Waals surface area contributed by atoms with Crippen LogP contribution in [0.3, 0.4) is 0 Å². The number of carbonyl (C=O) groups excluding carboxylic acids is 2. The van der Waals surface area contributed by atoms with E-state index in [0.717, 1.165) is 30.5 Å². The molecule has 0 atom stereocenters. The van der Waals surface area contributed by atoms with Crippen molar-refractivity contribution in [3.05, 3.63) is 54.1 Å². The summed E-state index contributed by atoms with van der Waals surface area (Å²) in [6.45, 7) is 3.89. The first kappa shape index (κ1) is 24.2. The number of sulfonamides is 1. The van der Waals surface area contributed by atoms with E-state index in [2.05, 4.69) is 10.6 Å². The summed E-state index contributed by atoms with van der Waals surface area (Å²) in [6, 6.07) is 14.0. The lowest BCUT2D eigenvalue weighted by atomic mass is 9.96. The van der Waals surface area contributed by atoms with E-state index in [1.807, 2.05) is 37.3 Å². The van der Waals surface area contributed by atoms with Gasteiger partial charge >= 0.3 is 6.03 Å². The molecule has 182 valence electrons. The fraction of sp³-hybridized carbons (Fsp3) is 0.440. The summed E-state index contributed by atoms with van der Waals surface area (Å²) in [5, 5.41) is 5.81. The van der Waals surface area contributed by atoms with Gasteiger partial charge in [-0.05, 0) is 62.4 Å². The lowest BCUT2D eigenvalue weighted by Gasteiger charge is -2.31. The van der Waals surface area contributed by atoms with Crippen molar-refractivity contribution in [1.29, 1.82) is 0 Å².